The molecule has 5 heteroatoms. The van der Waals surface area contributed by atoms with E-state index < -0.39 is 5.41 Å². The SMILES string of the molecule is CCCCCCN(C)CCC[C@](C#N)(c1cc(OC)c(OC)c(OC)c1)C(C)C. The Kier molecular flexibility index (Phi) is 10.9. The molecule has 164 valence electrons. The molecule has 0 fully saturated rings. The van der Waals surface area contributed by atoms with Gasteiger partial charge in [0, 0.05) is 0 Å². The number of ether oxygens (including phenoxy) is 3. The summed E-state index contributed by atoms with van der Waals surface area (Å²) < 4.78 is 16.5. The largest absolute Gasteiger partial charge is 0.493 e. The third-order valence-electron chi connectivity index (χ3n) is 5.87. The Labute approximate surface area is 177 Å². The first-order chi connectivity index (χ1) is 13.9. The summed E-state index contributed by atoms with van der Waals surface area (Å²) in [6.07, 6.45) is 6.86. The zero-order chi connectivity index (χ0) is 21.9. The highest BCUT2D eigenvalue weighted by Gasteiger charge is 2.37. The van der Waals surface area contributed by atoms with Crippen LogP contribution in [-0.4, -0.2) is 46.4 Å². The number of rotatable bonds is 14. The molecule has 0 N–H and O–H groups in total. The Morgan fingerprint density at radius 1 is 0.966 bits per heavy atom. The summed E-state index contributed by atoms with van der Waals surface area (Å²) >= 11 is 0. The van der Waals surface area contributed by atoms with Crippen LogP contribution in [0, 0.1) is 17.2 Å². The van der Waals surface area contributed by atoms with Crippen LogP contribution in [0.5, 0.6) is 17.2 Å². The molecular weight excluding hydrogens is 364 g/mol. The van der Waals surface area contributed by atoms with Crippen LogP contribution in [-0.2, 0) is 5.41 Å². The van der Waals surface area contributed by atoms with E-state index in [9.17, 15) is 5.26 Å². The van der Waals surface area contributed by atoms with Gasteiger partial charge in [0.05, 0.1) is 32.8 Å². The second-order valence-corrected chi connectivity index (χ2v) is 8.12. The van der Waals surface area contributed by atoms with Gasteiger partial charge in [-0.2, -0.15) is 5.26 Å². The van der Waals surface area contributed by atoms with Gasteiger partial charge in [0.2, 0.25) is 5.75 Å². The molecule has 0 radical (unpaired) electrons. The van der Waals surface area contributed by atoms with Crippen molar-refractivity contribution in [1.29, 1.82) is 5.26 Å². The van der Waals surface area contributed by atoms with Gasteiger partial charge >= 0.3 is 0 Å². The molecule has 0 spiro atoms. The number of hydrogen-bond donors (Lipinski definition) is 0. The first-order valence-corrected chi connectivity index (χ1v) is 10.8. The van der Waals surface area contributed by atoms with Crippen molar-refractivity contribution in [2.75, 3.05) is 41.5 Å². The third kappa shape index (κ3) is 6.54. The molecule has 0 aliphatic carbocycles. The molecule has 0 saturated heterocycles. The van der Waals surface area contributed by atoms with Gasteiger partial charge in [-0.05, 0) is 63.0 Å². The fourth-order valence-corrected chi connectivity index (χ4v) is 3.90. The van der Waals surface area contributed by atoms with Crippen LogP contribution in [0.1, 0.15) is 64.9 Å². The molecule has 0 unspecified atom stereocenters. The summed E-state index contributed by atoms with van der Waals surface area (Å²) in [5, 5.41) is 10.2. The summed E-state index contributed by atoms with van der Waals surface area (Å²) in [6, 6.07) is 6.49. The van der Waals surface area contributed by atoms with Crippen LogP contribution < -0.4 is 14.2 Å². The number of methoxy groups -OCH3 is 3. The lowest BCUT2D eigenvalue weighted by Crippen LogP contribution is -2.32. The molecule has 1 aromatic carbocycles. The van der Waals surface area contributed by atoms with E-state index in [0.717, 1.165) is 31.5 Å². The Bertz CT molecular complexity index is 629. The Morgan fingerprint density at radius 2 is 1.55 bits per heavy atom. The van der Waals surface area contributed by atoms with Crippen LogP contribution in [0.15, 0.2) is 12.1 Å². The number of hydrogen-bond acceptors (Lipinski definition) is 5. The second kappa shape index (κ2) is 12.6. The average Bonchev–Trinajstić information content (AvgIpc) is 2.73. The normalized spacial score (nSPS) is 13.2. The molecular formula is C24H40N2O3. The molecule has 0 saturated carbocycles. The standard InChI is InChI=1S/C24H40N2O3/c1-8-9-10-11-14-26(4)15-12-13-24(18-25,19(2)3)20-16-21(27-5)23(29-7)22(17-20)28-6/h16-17,19H,8-15H2,1-7H3/t24-/m1/s1. The lowest BCUT2D eigenvalue weighted by molar-refractivity contribution is 0.284. The van der Waals surface area contributed by atoms with Crippen molar-refractivity contribution in [1.82, 2.24) is 4.90 Å². The quantitative estimate of drug-likeness (QED) is 0.387. The van der Waals surface area contributed by atoms with E-state index in [1.165, 1.54) is 25.7 Å². The molecule has 0 bridgehead atoms. The molecule has 29 heavy (non-hydrogen) atoms. The van der Waals surface area contributed by atoms with Crippen molar-refractivity contribution in [2.24, 2.45) is 5.92 Å². The number of benzene rings is 1. The molecule has 0 aliphatic heterocycles. The van der Waals surface area contributed by atoms with Gasteiger partial charge in [-0.3, -0.25) is 0 Å². The van der Waals surface area contributed by atoms with Gasteiger partial charge < -0.3 is 19.1 Å². The van der Waals surface area contributed by atoms with E-state index in [1.807, 2.05) is 12.1 Å². The van der Waals surface area contributed by atoms with Gasteiger partial charge in [-0.1, -0.05) is 40.0 Å². The minimum absolute atomic E-state index is 0.158. The number of nitrogens with zero attached hydrogens (tertiary/aromatic N) is 2. The van der Waals surface area contributed by atoms with Crippen molar-refractivity contribution in [2.45, 2.75) is 64.7 Å². The van der Waals surface area contributed by atoms with Crippen LogP contribution in [0.2, 0.25) is 0 Å². The number of unbranched alkanes of at least 4 members (excludes halogenated alkanes) is 3. The molecule has 0 heterocycles. The highest BCUT2D eigenvalue weighted by molar-refractivity contribution is 5.56. The van der Waals surface area contributed by atoms with Gasteiger partial charge in [0.15, 0.2) is 11.5 Å². The highest BCUT2D eigenvalue weighted by atomic mass is 16.5. The molecule has 0 aromatic heterocycles. The molecule has 1 rings (SSSR count). The summed E-state index contributed by atoms with van der Waals surface area (Å²) in [4.78, 5) is 2.38. The molecule has 0 aliphatic rings. The van der Waals surface area contributed by atoms with E-state index in [0.29, 0.717) is 17.2 Å². The Hall–Kier alpha value is -1.93. The van der Waals surface area contributed by atoms with E-state index in [-0.39, 0.29) is 5.92 Å². The maximum atomic E-state index is 10.2. The summed E-state index contributed by atoms with van der Waals surface area (Å²) in [5.41, 5.74) is 0.325. The fraction of sp³-hybridized carbons (Fsp3) is 0.708. The van der Waals surface area contributed by atoms with Gasteiger partial charge in [0.25, 0.3) is 0 Å². The van der Waals surface area contributed by atoms with Crippen LogP contribution in [0.3, 0.4) is 0 Å². The van der Waals surface area contributed by atoms with E-state index in [2.05, 4.69) is 38.8 Å². The van der Waals surface area contributed by atoms with Crippen molar-refractivity contribution in [3.8, 4) is 23.3 Å². The Balaban J connectivity index is 3.01. The predicted octanol–water partition coefficient (Wildman–Crippen LogP) is 5.42. The molecule has 5 nitrogen and oxygen atoms in total. The maximum Gasteiger partial charge on any atom is 0.203 e. The van der Waals surface area contributed by atoms with E-state index in [1.54, 1.807) is 21.3 Å². The zero-order valence-corrected chi connectivity index (χ0v) is 19.5. The first-order valence-electron chi connectivity index (χ1n) is 10.8. The molecule has 1 aromatic rings. The summed E-state index contributed by atoms with van der Waals surface area (Å²) in [6.45, 7) is 8.57. The third-order valence-corrected chi connectivity index (χ3v) is 5.87. The van der Waals surface area contributed by atoms with Gasteiger partial charge in [-0.25, -0.2) is 0 Å². The second-order valence-electron chi connectivity index (χ2n) is 8.12. The van der Waals surface area contributed by atoms with Crippen molar-refractivity contribution in [3.63, 3.8) is 0 Å². The van der Waals surface area contributed by atoms with Gasteiger partial charge in [0.1, 0.15) is 0 Å². The molecule has 0 amide bonds. The van der Waals surface area contributed by atoms with Crippen LogP contribution >= 0.6 is 0 Å². The van der Waals surface area contributed by atoms with Crippen molar-refractivity contribution < 1.29 is 14.2 Å². The van der Waals surface area contributed by atoms with Crippen LogP contribution in [0.25, 0.3) is 0 Å². The lowest BCUT2D eigenvalue weighted by Gasteiger charge is -2.33. The van der Waals surface area contributed by atoms with E-state index in [4.69, 9.17) is 14.2 Å². The van der Waals surface area contributed by atoms with E-state index >= 15 is 0 Å². The lowest BCUT2D eigenvalue weighted by atomic mass is 9.69. The topological polar surface area (TPSA) is 54.7 Å². The zero-order valence-electron chi connectivity index (χ0n) is 19.5. The van der Waals surface area contributed by atoms with Crippen LogP contribution in [0.4, 0.5) is 0 Å². The average molecular weight is 405 g/mol. The molecule has 1 atom stereocenters. The van der Waals surface area contributed by atoms with Gasteiger partial charge in [-0.15, -0.1) is 0 Å². The first kappa shape index (κ1) is 25.1. The monoisotopic (exact) mass is 404 g/mol. The maximum absolute atomic E-state index is 10.2. The fourth-order valence-electron chi connectivity index (χ4n) is 3.90. The highest BCUT2D eigenvalue weighted by Crippen LogP contribution is 2.45. The smallest absolute Gasteiger partial charge is 0.203 e. The van der Waals surface area contributed by atoms with Crippen molar-refractivity contribution >= 4 is 0 Å². The summed E-state index contributed by atoms with van der Waals surface area (Å²) in [7, 11) is 6.99. The Morgan fingerprint density at radius 3 is 2.00 bits per heavy atom. The summed E-state index contributed by atoms with van der Waals surface area (Å²) in [5.74, 6) is 1.90. The number of nitriles is 1. The predicted molar refractivity (Wildman–Crippen MR) is 119 cm³/mol. The van der Waals surface area contributed by atoms with Crippen molar-refractivity contribution in [3.05, 3.63) is 17.7 Å². The minimum atomic E-state index is -0.601. The minimum Gasteiger partial charge on any atom is -0.493 e.